The monoisotopic (exact) mass is 585 g/mol. The van der Waals surface area contributed by atoms with E-state index < -0.39 is 11.9 Å². The average Bonchev–Trinajstić information content (AvgIpc) is 3.56. The Morgan fingerprint density at radius 3 is 2.68 bits per heavy atom. The number of halogens is 3. The molecule has 0 unspecified atom stereocenters. The molecule has 216 valence electrons. The van der Waals surface area contributed by atoms with Crippen LogP contribution in [0.15, 0.2) is 42.7 Å². The molecule has 0 bridgehead atoms. The summed E-state index contributed by atoms with van der Waals surface area (Å²) in [6.07, 6.45) is -1.34. The van der Waals surface area contributed by atoms with Crippen molar-refractivity contribution in [3.63, 3.8) is 0 Å². The van der Waals surface area contributed by atoms with Gasteiger partial charge >= 0.3 is 6.18 Å². The fourth-order valence-corrected chi connectivity index (χ4v) is 6.03. The molecule has 1 aromatic carbocycles. The van der Waals surface area contributed by atoms with Gasteiger partial charge in [-0.15, -0.1) is 0 Å². The predicted molar refractivity (Wildman–Crippen MR) is 152 cm³/mol. The van der Waals surface area contributed by atoms with E-state index in [1.807, 2.05) is 13.0 Å². The lowest BCUT2D eigenvalue weighted by Crippen LogP contribution is -2.45. The van der Waals surface area contributed by atoms with E-state index in [4.69, 9.17) is 4.74 Å². The zero-order chi connectivity index (χ0) is 29.3. The summed E-state index contributed by atoms with van der Waals surface area (Å²) in [5.41, 5.74) is 0.298. The Bertz CT molecular complexity index is 1560. The number of nitrogens with one attached hydrogen (secondary N) is 2. The molecule has 3 aromatic heterocycles. The van der Waals surface area contributed by atoms with Crippen LogP contribution in [0.1, 0.15) is 46.2 Å². The summed E-state index contributed by atoms with van der Waals surface area (Å²) < 4.78 is 47.8. The van der Waals surface area contributed by atoms with Gasteiger partial charge in [0.05, 0.1) is 10.4 Å². The van der Waals surface area contributed by atoms with Crippen LogP contribution in [0, 0.1) is 0 Å². The summed E-state index contributed by atoms with van der Waals surface area (Å²) >= 11 is 1.31. The van der Waals surface area contributed by atoms with Gasteiger partial charge in [-0.25, -0.2) is 19.9 Å². The number of carbonyl (C=O) groups is 1. The topological polar surface area (TPSA) is 105 Å². The molecule has 9 nitrogen and oxygen atoms in total. The van der Waals surface area contributed by atoms with Crippen molar-refractivity contribution in [3.05, 3.63) is 48.4 Å². The highest BCUT2D eigenvalue weighted by atomic mass is 32.1. The summed E-state index contributed by atoms with van der Waals surface area (Å²) in [5.74, 6) is 0.444. The second-order valence-electron chi connectivity index (χ2n) is 10.2. The molecule has 1 saturated heterocycles. The van der Waals surface area contributed by atoms with Gasteiger partial charge in [0.25, 0.3) is 0 Å². The molecule has 0 saturated carbocycles. The molecule has 13 heteroatoms. The lowest BCUT2D eigenvalue weighted by molar-refractivity contribution is -0.141. The maximum Gasteiger partial charge on any atom is 0.433 e. The van der Waals surface area contributed by atoms with Gasteiger partial charge in [0.2, 0.25) is 11.8 Å². The van der Waals surface area contributed by atoms with E-state index in [-0.39, 0.29) is 29.7 Å². The number of nitrogens with zero attached hydrogens (tertiary/aromatic N) is 5. The van der Waals surface area contributed by atoms with Gasteiger partial charge in [0.1, 0.15) is 23.4 Å². The smallest absolute Gasteiger partial charge is 0.433 e. The Morgan fingerprint density at radius 1 is 1.15 bits per heavy atom. The number of thiazole rings is 1. The van der Waals surface area contributed by atoms with Crippen LogP contribution in [0.4, 0.5) is 24.1 Å². The van der Waals surface area contributed by atoms with Crippen LogP contribution < -0.4 is 15.4 Å². The first-order valence-electron chi connectivity index (χ1n) is 13.3. The number of carbonyl (C=O) groups excluding carboxylic acids is 1. The van der Waals surface area contributed by atoms with Crippen LogP contribution in [-0.2, 0) is 11.0 Å². The molecule has 1 fully saturated rings. The molecule has 41 heavy (non-hydrogen) atoms. The Balaban J connectivity index is 1.47. The van der Waals surface area contributed by atoms with E-state index in [1.54, 1.807) is 18.2 Å². The summed E-state index contributed by atoms with van der Waals surface area (Å²) in [5, 5.41) is 6.37. The minimum absolute atomic E-state index is 0.0918. The van der Waals surface area contributed by atoms with Crippen molar-refractivity contribution < 1.29 is 22.7 Å². The second kappa shape index (κ2) is 11.6. The lowest BCUT2D eigenvalue weighted by atomic mass is 10.1. The standard InChI is InChI=1S/C28H30F3N7O2S/c1-15(2)38-12-6-7-20(38)16(3)34-26-18(10-11-23(36-26)28(29,30)31)19-13-24(33-14-32-19)40-21-8-5-9-22-25(21)37-27(41-22)35-17(4)39/h5,8-11,13-16,20H,6-7,12H2,1-4H3,(H,34,36)(H,35,37,39)/t16-,20-/m1/s1. The van der Waals surface area contributed by atoms with E-state index >= 15 is 0 Å². The molecule has 1 aliphatic heterocycles. The molecular formula is C28H30F3N7O2S. The third kappa shape index (κ3) is 6.41. The third-order valence-corrected chi connectivity index (χ3v) is 7.87. The van der Waals surface area contributed by atoms with Crippen LogP contribution in [-0.4, -0.2) is 55.4 Å². The van der Waals surface area contributed by atoms with Crippen LogP contribution in [0.3, 0.4) is 0 Å². The molecule has 2 atom stereocenters. The molecule has 5 rings (SSSR count). The number of benzene rings is 1. The molecule has 0 spiro atoms. The van der Waals surface area contributed by atoms with E-state index in [0.29, 0.717) is 33.7 Å². The Labute approximate surface area is 239 Å². The normalized spacial score (nSPS) is 16.7. The van der Waals surface area contributed by atoms with Crippen molar-refractivity contribution in [2.75, 3.05) is 17.2 Å². The number of ether oxygens (including phenoxy) is 1. The highest BCUT2D eigenvalue weighted by molar-refractivity contribution is 7.22. The first-order valence-corrected chi connectivity index (χ1v) is 14.1. The van der Waals surface area contributed by atoms with E-state index in [0.717, 1.165) is 30.2 Å². The van der Waals surface area contributed by atoms with E-state index in [1.165, 1.54) is 30.7 Å². The minimum atomic E-state index is -4.60. The van der Waals surface area contributed by atoms with Crippen molar-refractivity contribution in [1.29, 1.82) is 0 Å². The number of alkyl halides is 3. The van der Waals surface area contributed by atoms with Crippen LogP contribution >= 0.6 is 11.3 Å². The van der Waals surface area contributed by atoms with Gasteiger partial charge in [-0.3, -0.25) is 9.69 Å². The van der Waals surface area contributed by atoms with Gasteiger partial charge in [0, 0.05) is 36.7 Å². The predicted octanol–water partition coefficient (Wildman–Crippen LogP) is 6.59. The minimum Gasteiger partial charge on any atom is -0.437 e. The van der Waals surface area contributed by atoms with Gasteiger partial charge in [0.15, 0.2) is 10.9 Å². The molecule has 0 aliphatic carbocycles. The molecule has 4 heterocycles. The number of pyridine rings is 1. The van der Waals surface area contributed by atoms with E-state index in [2.05, 4.69) is 49.3 Å². The largest absolute Gasteiger partial charge is 0.437 e. The number of likely N-dealkylation sites (tertiary alicyclic amines) is 1. The first-order chi connectivity index (χ1) is 19.5. The van der Waals surface area contributed by atoms with E-state index in [9.17, 15) is 18.0 Å². The fraction of sp³-hybridized carbons (Fsp3) is 0.393. The number of aromatic nitrogens is 4. The number of rotatable bonds is 8. The molecule has 1 aliphatic rings. The number of anilines is 2. The van der Waals surface area contributed by atoms with Crippen LogP contribution in [0.2, 0.25) is 0 Å². The summed E-state index contributed by atoms with van der Waals surface area (Å²) in [6.45, 7) is 8.56. The lowest BCUT2D eigenvalue weighted by Gasteiger charge is -2.33. The number of fused-ring (bicyclic) bond motifs is 1. The number of hydrogen-bond donors (Lipinski definition) is 2. The Kier molecular flexibility index (Phi) is 8.09. The van der Waals surface area contributed by atoms with Gasteiger partial charge < -0.3 is 15.4 Å². The zero-order valence-electron chi connectivity index (χ0n) is 23.0. The summed E-state index contributed by atoms with van der Waals surface area (Å²) in [4.78, 5) is 30.8. The van der Waals surface area contributed by atoms with Gasteiger partial charge in [-0.05, 0) is 64.4 Å². The Morgan fingerprint density at radius 2 is 1.95 bits per heavy atom. The van der Waals surface area contributed by atoms with Crippen molar-refractivity contribution in [2.45, 2.75) is 64.8 Å². The molecule has 4 aromatic rings. The maximum absolute atomic E-state index is 13.6. The number of amides is 1. The second-order valence-corrected chi connectivity index (χ2v) is 11.2. The third-order valence-electron chi connectivity index (χ3n) is 6.93. The fourth-order valence-electron chi connectivity index (χ4n) is 5.10. The van der Waals surface area contributed by atoms with Crippen molar-refractivity contribution in [3.8, 4) is 22.9 Å². The molecule has 0 radical (unpaired) electrons. The highest BCUT2D eigenvalue weighted by Gasteiger charge is 2.35. The van der Waals surface area contributed by atoms with Crippen LogP contribution in [0.25, 0.3) is 21.5 Å². The van der Waals surface area contributed by atoms with Gasteiger partial charge in [-0.2, -0.15) is 13.2 Å². The summed E-state index contributed by atoms with van der Waals surface area (Å²) in [6, 6.07) is 9.55. The van der Waals surface area contributed by atoms with Crippen molar-refractivity contribution >= 4 is 38.4 Å². The maximum atomic E-state index is 13.6. The zero-order valence-corrected chi connectivity index (χ0v) is 23.8. The molecule has 2 N–H and O–H groups in total. The number of para-hydroxylation sites is 1. The number of hydrogen-bond acceptors (Lipinski definition) is 9. The van der Waals surface area contributed by atoms with Crippen molar-refractivity contribution in [2.24, 2.45) is 0 Å². The average molecular weight is 586 g/mol. The SMILES string of the molecule is CC(=O)Nc1nc2c(Oc3cc(-c4ccc(C(F)(F)F)nc4N[C@H](C)[C@H]4CCCN4C(C)C)ncn3)cccc2s1. The quantitative estimate of drug-likeness (QED) is 0.239. The first kappa shape index (κ1) is 28.7. The molecule has 1 amide bonds. The van der Waals surface area contributed by atoms with Crippen molar-refractivity contribution in [1.82, 2.24) is 24.8 Å². The summed E-state index contributed by atoms with van der Waals surface area (Å²) in [7, 11) is 0. The van der Waals surface area contributed by atoms with Gasteiger partial charge in [-0.1, -0.05) is 17.4 Å². The van der Waals surface area contributed by atoms with Crippen LogP contribution in [0.5, 0.6) is 11.6 Å². The Hall–Kier alpha value is -3.84. The molecular weight excluding hydrogens is 555 g/mol. The highest BCUT2D eigenvalue weighted by Crippen LogP contribution is 2.37.